The van der Waals surface area contributed by atoms with E-state index in [1.54, 1.807) is 6.92 Å². The molecule has 0 aliphatic carbocycles. The van der Waals surface area contributed by atoms with Crippen molar-refractivity contribution in [3.05, 3.63) is 70.5 Å². The van der Waals surface area contributed by atoms with Gasteiger partial charge in [-0.25, -0.2) is 17.4 Å². The van der Waals surface area contributed by atoms with E-state index >= 15 is 0 Å². The monoisotopic (exact) mass is 486 g/mol. The first kappa shape index (κ1) is 23.8. The minimum atomic E-state index is -4.91. The van der Waals surface area contributed by atoms with Crippen LogP contribution in [-0.2, 0) is 16.2 Å². The van der Waals surface area contributed by atoms with Gasteiger partial charge >= 0.3 is 6.18 Å². The maximum absolute atomic E-state index is 13.9. The largest absolute Gasteiger partial charge is 0.434 e. The van der Waals surface area contributed by atoms with E-state index < -0.39 is 33.4 Å². The number of carbonyl (C=O) groups is 1. The quantitative estimate of drug-likeness (QED) is 0.581. The molecule has 3 rings (SSSR count). The molecule has 0 saturated heterocycles. The Kier molecular flexibility index (Phi) is 6.36. The maximum Gasteiger partial charge on any atom is 0.434 e. The summed E-state index contributed by atoms with van der Waals surface area (Å²) < 4.78 is 67.9. The molecule has 3 aromatic rings. The third-order valence-electron chi connectivity index (χ3n) is 4.57. The predicted octanol–water partition coefficient (Wildman–Crippen LogP) is 4.36. The highest BCUT2D eigenvalue weighted by Crippen LogP contribution is 2.34. The van der Waals surface area contributed by atoms with Gasteiger partial charge in [0.2, 0.25) is 10.0 Å². The van der Waals surface area contributed by atoms with Crippen LogP contribution in [0.1, 0.15) is 21.6 Å². The third kappa shape index (κ3) is 4.64. The van der Waals surface area contributed by atoms with Gasteiger partial charge in [0.25, 0.3) is 5.91 Å². The van der Waals surface area contributed by atoms with E-state index in [4.69, 9.17) is 11.6 Å². The number of nitrogens with one attached hydrogen (secondary N) is 1. The molecule has 170 valence electrons. The van der Waals surface area contributed by atoms with Gasteiger partial charge in [-0.05, 0) is 42.8 Å². The molecule has 1 amide bonds. The fourth-order valence-corrected chi connectivity index (χ4v) is 4.00. The topological polar surface area (TPSA) is 84.3 Å². The standard InChI is InChI=1S/C20H18ClF3N4O3S/c1-12-7-8-15(32(30,31)27(2)3)10-17(12)26-19(29)16-11-25-28(18(16)20(22,23)24)14-6-4-5-13(21)9-14/h4-11H,1-3H3,(H,26,29). The number of hydrogen-bond acceptors (Lipinski definition) is 4. The van der Waals surface area contributed by atoms with Crippen molar-refractivity contribution in [3.63, 3.8) is 0 Å². The zero-order valence-electron chi connectivity index (χ0n) is 17.1. The molecule has 7 nitrogen and oxygen atoms in total. The highest BCUT2D eigenvalue weighted by atomic mass is 35.5. The summed E-state index contributed by atoms with van der Waals surface area (Å²) in [7, 11) is -1.13. The lowest BCUT2D eigenvalue weighted by Crippen LogP contribution is -2.23. The fourth-order valence-electron chi connectivity index (χ4n) is 2.89. The Morgan fingerprint density at radius 1 is 1.16 bits per heavy atom. The molecule has 1 aromatic heterocycles. The minimum absolute atomic E-state index is 0.0270. The van der Waals surface area contributed by atoms with Crippen LogP contribution in [0.4, 0.5) is 18.9 Å². The lowest BCUT2D eigenvalue weighted by molar-refractivity contribution is -0.143. The van der Waals surface area contributed by atoms with Crippen molar-refractivity contribution in [3.8, 4) is 5.69 Å². The number of rotatable bonds is 5. The number of anilines is 1. The summed E-state index contributed by atoms with van der Waals surface area (Å²) in [5.41, 5.74) is -1.46. The minimum Gasteiger partial charge on any atom is -0.322 e. The van der Waals surface area contributed by atoms with Crippen LogP contribution in [0, 0.1) is 6.92 Å². The molecule has 0 fully saturated rings. The van der Waals surface area contributed by atoms with Crippen molar-refractivity contribution < 1.29 is 26.4 Å². The van der Waals surface area contributed by atoms with E-state index in [-0.39, 0.29) is 21.3 Å². The van der Waals surface area contributed by atoms with Crippen molar-refractivity contribution >= 4 is 33.2 Å². The van der Waals surface area contributed by atoms with Crippen LogP contribution in [0.2, 0.25) is 5.02 Å². The molecule has 0 saturated carbocycles. The Hall–Kier alpha value is -2.89. The second-order valence-corrected chi connectivity index (χ2v) is 9.60. The molecule has 0 spiro atoms. The SMILES string of the molecule is Cc1ccc(S(=O)(=O)N(C)C)cc1NC(=O)c1cnn(-c2cccc(Cl)c2)c1C(F)(F)F. The Morgan fingerprint density at radius 2 is 1.84 bits per heavy atom. The van der Waals surface area contributed by atoms with E-state index in [0.29, 0.717) is 10.2 Å². The van der Waals surface area contributed by atoms with Crippen molar-refractivity contribution in [2.45, 2.75) is 18.0 Å². The Labute approximate surface area is 187 Å². The number of alkyl halides is 3. The first-order valence-electron chi connectivity index (χ1n) is 9.08. The third-order valence-corrected chi connectivity index (χ3v) is 6.62. The van der Waals surface area contributed by atoms with Gasteiger partial charge in [0.15, 0.2) is 5.69 Å². The number of nitrogens with zero attached hydrogens (tertiary/aromatic N) is 3. The second-order valence-electron chi connectivity index (χ2n) is 7.01. The molecule has 0 aliphatic rings. The molecule has 0 aliphatic heterocycles. The molecule has 0 unspecified atom stereocenters. The number of aryl methyl sites for hydroxylation is 1. The van der Waals surface area contributed by atoms with Gasteiger partial charge in [-0.2, -0.15) is 18.3 Å². The molecule has 32 heavy (non-hydrogen) atoms. The highest BCUT2D eigenvalue weighted by molar-refractivity contribution is 7.89. The van der Waals surface area contributed by atoms with Crippen LogP contribution in [0.15, 0.2) is 53.6 Å². The van der Waals surface area contributed by atoms with Gasteiger partial charge in [0.1, 0.15) is 0 Å². The van der Waals surface area contributed by atoms with E-state index in [2.05, 4.69) is 10.4 Å². The lowest BCUT2D eigenvalue weighted by atomic mass is 10.1. The molecule has 2 aromatic carbocycles. The first-order valence-corrected chi connectivity index (χ1v) is 10.9. The first-order chi connectivity index (χ1) is 14.8. The summed E-state index contributed by atoms with van der Waals surface area (Å²) in [6, 6.07) is 9.59. The zero-order valence-corrected chi connectivity index (χ0v) is 18.7. The second kappa shape index (κ2) is 8.57. The number of halogens is 4. The summed E-state index contributed by atoms with van der Waals surface area (Å²) in [5.74, 6) is -1.09. The Balaban J connectivity index is 2.05. The van der Waals surface area contributed by atoms with Gasteiger partial charge < -0.3 is 5.32 Å². The molecular weight excluding hydrogens is 469 g/mol. The van der Waals surface area contributed by atoms with Crippen molar-refractivity contribution in [1.82, 2.24) is 14.1 Å². The lowest BCUT2D eigenvalue weighted by Gasteiger charge is -2.15. The predicted molar refractivity (Wildman–Crippen MR) is 114 cm³/mol. The fraction of sp³-hybridized carbons (Fsp3) is 0.200. The summed E-state index contributed by atoms with van der Waals surface area (Å²) in [5, 5.41) is 6.30. The molecule has 1 N–H and O–H groups in total. The molecule has 0 bridgehead atoms. The van der Waals surface area contributed by atoms with Crippen LogP contribution in [0.25, 0.3) is 5.69 Å². The Bertz CT molecular complexity index is 1290. The van der Waals surface area contributed by atoms with Crippen LogP contribution in [0.5, 0.6) is 0 Å². The summed E-state index contributed by atoms with van der Waals surface area (Å²) in [4.78, 5) is 12.7. The number of sulfonamides is 1. The summed E-state index contributed by atoms with van der Waals surface area (Å²) in [6.45, 7) is 1.59. The van der Waals surface area contributed by atoms with E-state index in [9.17, 15) is 26.4 Å². The summed E-state index contributed by atoms with van der Waals surface area (Å²) in [6.07, 6.45) is -4.11. The van der Waals surface area contributed by atoms with E-state index in [1.165, 1.54) is 56.6 Å². The normalized spacial score (nSPS) is 12.2. The van der Waals surface area contributed by atoms with E-state index in [1.807, 2.05) is 0 Å². The number of hydrogen-bond donors (Lipinski definition) is 1. The van der Waals surface area contributed by atoms with Gasteiger partial charge in [0.05, 0.1) is 22.3 Å². The number of benzene rings is 2. The van der Waals surface area contributed by atoms with Crippen LogP contribution >= 0.6 is 11.6 Å². The van der Waals surface area contributed by atoms with Crippen LogP contribution < -0.4 is 5.32 Å². The van der Waals surface area contributed by atoms with Crippen molar-refractivity contribution in [1.29, 1.82) is 0 Å². The molecular formula is C20H18ClF3N4O3S. The Morgan fingerprint density at radius 3 is 2.44 bits per heavy atom. The van der Waals surface area contributed by atoms with Gasteiger partial charge in [-0.3, -0.25) is 4.79 Å². The maximum atomic E-state index is 13.9. The smallest absolute Gasteiger partial charge is 0.322 e. The number of amides is 1. The van der Waals surface area contributed by atoms with Gasteiger partial charge in [-0.1, -0.05) is 23.7 Å². The van der Waals surface area contributed by atoms with Crippen LogP contribution in [-0.4, -0.2) is 42.5 Å². The molecule has 1 heterocycles. The van der Waals surface area contributed by atoms with Crippen LogP contribution in [0.3, 0.4) is 0 Å². The average Bonchev–Trinajstić information content (AvgIpc) is 3.15. The van der Waals surface area contributed by atoms with Gasteiger partial charge in [0, 0.05) is 24.8 Å². The van der Waals surface area contributed by atoms with E-state index in [0.717, 1.165) is 10.5 Å². The summed E-state index contributed by atoms with van der Waals surface area (Å²) >= 11 is 5.88. The molecule has 0 radical (unpaired) electrons. The average molecular weight is 487 g/mol. The number of aromatic nitrogens is 2. The zero-order chi connectivity index (χ0) is 23.8. The molecule has 12 heteroatoms. The molecule has 0 atom stereocenters. The number of carbonyl (C=O) groups excluding carboxylic acids is 1. The van der Waals surface area contributed by atoms with Crippen molar-refractivity contribution in [2.24, 2.45) is 0 Å². The van der Waals surface area contributed by atoms with Gasteiger partial charge in [-0.15, -0.1) is 0 Å². The van der Waals surface area contributed by atoms with Crippen molar-refractivity contribution in [2.75, 3.05) is 19.4 Å². The highest BCUT2D eigenvalue weighted by Gasteiger charge is 2.40.